The van der Waals surface area contributed by atoms with Gasteiger partial charge in [-0.2, -0.15) is 0 Å². The number of hydrogen-bond donors (Lipinski definition) is 2. The molecule has 0 aliphatic carbocycles. The van der Waals surface area contributed by atoms with Gasteiger partial charge in [0.15, 0.2) is 5.11 Å². The first-order valence-corrected chi connectivity index (χ1v) is 6.99. The highest BCUT2D eigenvalue weighted by Crippen LogP contribution is 2.22. The molecule has 0 saturated carbocycles. The molecule has 0 atom stereocenters. The van der Waals surface area contributed by atoms with Crippen molar-refractivity contribution < 1.29 is 19.0 Å². The average Bonchev–Trinajstić information content (AvgIpc) is 2.56. The molecule has 0 aromatic heterocycles. The lowest BCUT2D eigenvalue weighted by Gasteiger charge is -2.09. The zero-order valence-corrected chi connectivity index (χ0v) is 13.1. The van der Waals surface area contributed by atoms with Gasteiger partial charge in [-0.1, -0.05) is 0 Å². The van der Waals surface area contributed by atoms with Crippen LogP contribution in [0.1, 0.15) is 10.4 Å². The Labute approximate surface area is 144 Å². The van der Waals surface area contributed by atoms with E-state index in [0.717, 1.165) is 18.2 Å². The Kier molecular flexibility index (Phi) is 5.29. The molecule has 0 aliphatic rings. The van der Waals surface area contributed by atoms with Crippen LogP contribution in [0.2, 0.25) is 0 Å². The number of thiocarbonyl (C=S) groups is 1. The molecule has 0 radical (unpaired) electrons. The first-order chi connectivity index (χ1) is 11.8. The van der Waals surface area contributed by atoms with Crippen LogP contribution in [0.25, 0.3) is 0 Å². The number of carbonyl (C=O) groups is 1. The number of nitro groups is 2. The predicted molar refractivity (Wildman–Crippen MR) is 89.8 cm³/mol. The fraction of sp³-hybridized carbons (Fsp3) is 0. The van der Waals surface area contributed by atoms with E-state index in [-0.39, 0.29) is 10.7 Å². The number of halogens is 1. The summed E-state index contributed by atoms with van der Waals surface area (Å²) in [5.74, 6) is -1.32. The second kappa shape index (κ2) is 7.40. The van der Waals surface area contributed by atoms with Crippen LogP contribution in [0.3, 0.4) is 0 Å². The van der Waals surface area contributed by atoms with Crippen molar-refractivity contribution in [2.45, 2.75) is 0 Å². The molecule has 2 aromatic carbocycles. The number of anilines is 1. The van der Waals surface area contributed by atoms with Gasteiger partial charge in [-0.3, -0.25) is 30.3 Å². The molecule has 9 nitrogen and oxygen atoms in total. The molecular weight excluding hydrogens is 355 g/mol. The Balaban J connectivity index is 2.16. The maximum absolute atomic E-state index is 12.8. The summed E-state index contributed by atoms with van der Waals surface area (Å²) in [5, 5.41) is 26.3. The Hall–Kier alpha value is -3.47. The maximum Gasteiger partial charge on any atom is 0.277 e. The van der Waals surface area contributed by atoms with Crippen LogP contribution in [0.15, 0.2) is 42.5 Å². The number of rotatable bonds is 4. The largest absolute Gasteiger partial charge is 0.332 e. The number of benzene rings is 2. The summed E-state index contributed by atoms with van der Waals surface area (Å²) in [6.45, 7) is 0. The molecule has 2 rings (SSSR count). The van der Waals surface area contributed by atoms with Crippen LogP contribution >= 0.6 is 12.2 Å². The molecule has 0 saturated heterocycles. The molecule has 2 N–H and O–H groups in total. The molecular formula is C14H9FN4O5S. The standard InChI is InChI=1S/C14H9FN4O5S/c15-9-1-3-10(4-2-9)16-14(25)17-13(20)8-5-11(18(21)22)7-12(6-8)19(23)24/h1-7H,(H2,16,17,20,25). The summed E-state index contributed by atoms with van der Waals surface area (Å²) < 4.78 is 12.8. The third-order valence-electron chi connectivity index (χ3n) is 2.92. The van der Waals surface area contributed by atoms with Crippen molar-refractivity contribution in [2.75, 3.05) is 5.32 Å². The van der Waals surface area contributed by atoms with Crippen molar-refractivity contribution >= 4 is 40.3 Å². The number of hydrogen-bond acceptors (Lipinski definition) is 6. The lowest BCUT2D eigenvalue weighted by Crippen LogP contribution is -2.34. The quantitative estimate of drug-likeness (QED) is 0.485. The number of carbonyl (C=O) groups excluding carboxylic acids is 1. The van der Waals surface area contributed by atoms with Gasteiger partial charge in [-0.15, -0.1) is 0 Å². The number of nitrogens with zero attached hydrogens (tertiary/aromatic N) is 2. The third kappa shape index (κ3) is 4.75. The molecule has 0 aliphatic heterocycles. The maximum atomic E-state index is 12.8. The molecule has 0 bridgehead atoms. The highest BCUT2D eigenvalue weighted by molar-refractivity contribution is 7.80. The van der Waals surface area contributed by atoms with E-state index in [1.807, 2.05) is 0 Å². The number of non-ortho nitro benzene ring substituents is 2. The van der Waals surface area contributed by atoms with Crippen molar-refractivity contribution in [3.05, 3.63) is 74.1 Å². The van der Waals surface area contributed by atoms with Crippen molar-refractivity contribution in [3.63, 3.8) is 0 Å². The summed E-state index contributed by atoms with van der Waals surface area (Å²) in [5.41, 5.74) is -1.10. The van der Waals surface area contributed by atoms with E-state index in [0.29, 0.717) is 5.69 Å². The Morgan fingerprint density at radius 1 is 1.00 bits per heavy atom. The molecule has 0 spiro atoms. The minimum absolute atomic E-state index is 0.161. The van der Waals surface area contributed by atoms with E-state index in [2.05, 4.69) is 10.6 Å². The van der Waals surface area contributed by atoms with Gasteiger partial charge in [0.1, 0.15) is 5.82 Å². The van der Waals surface area contributed by atoms with E-state index < -0.39 is 32.9 Å². The Morgan fingerprint density at radius 3 is 2.00 bits per heavy atom. The van der Waals surface area contributed by atoms with Gasteiger partial charge in [0.05, 0.1) is 21.5 Å². The van der Waals surface area contributed by atoms with E-state index in [9.17, 15) is 29.4 Å². The van der Waals surface area contributed by atoms with Crippen LogP contribution in [-0.2, 0) is 0 Å². The molecule has 2 aromatic rings. The number of nitrogens with one attached hydrogen (secondary N) is 2. The van der Waals surface area contributed by atoms with Gasteiger partial charge in [-0.05, 0) is 36.5 Å². The summed E-state index contributed by atoms with van der Waals surface area (Å²) >= 11 is 4.91. The Morgan fingerprint density at radius 2 is 1.52 bits per heavy atom. The SMILES string of the molecule is O=C(NC(=S)Nc1ccc(F)cc1)c1cc([N+](=O)[O-])cc([N+](=O)[O-])c1. The summed E-state index contributed by atoms with van der Waals surface area (Å²) in [7, 11) is 0. The monoisotopic (exact) mass is 364 g/mol. The summed E-state index contributed by atoms with van der Waals surface area (Å²) in [6, 6.07) is 7.64. The number of amides is 1. The molecule has 0 heterocycles. The van der Waals surface area contributed by atoms with Crippen LogP contribution in [-0.4, -0.2) is 20.9 Å². The normalized spacial score (nSPS) is 9.96. The number of nitro benzene ring substituents is 2. The highest BCUT2D eigenvalue weighted by atomic mass is 32.1. The van der Waals surface area contributed by atoms with Gasteiger partial charge in [0.25, 0.3) is 17.3 Å². The Bertz CT molecular complexity index is 840. The first kappa shape index (κ1) is 17.9. The van der Waals surface area contributed by atoms with E-state index >= 15 is 0 Å². The van der Waals surface area contributed by atoms with Gasteiger partial charge in [-0.25, -0.2) is 4.39 Å². The minimum Gasteiger partial charge on any atom is -0.332 e. The fourth-order valence-corrected chi connectivity index (χ4v) is 2.02. The zero-order valence-electron chi connectivity index (χ0n) is 12.3. The smallest absolute Gasteiger partial charge is 0.277 e. The van der Waals surface area contributed by atoms with Crippen molar-refractivity contribution in [1.82, 2.24) is 5.32 Å². The second-order valence-corrected chi connectivity index (χ2v) is 5.08. The lowest BCUT2D eigenvalue weighted by atomic mass is 10.1. The molecule has 0 fully saturated rings. The van der Waals surface area contributed by atoms with Crippen LogP contribution in [0, 0.1) is 26.0 Å². The first-order valence-electron chi connectivity index (χ1n) is 6.58. The molecule has 11 heteroatoms. The van der Waals surface area contributed by atoms with E-state index in [1.54, 1.807) is 0 Å². The fourth-order valence-electron chi connectivity index (χ4n) is 1.81. The summed E-state index contributed by atoms with van der Waals surface area (Å²) in [4.78, 5) is 32.1. The highest BCUT2D eigenvalue weighted by Gasteiger charge is 2.20. The van der Waals surface area contributed by atoms with E-state index in [4.69, 9.17) is 12.2 Å². The van der Waals surface area contributed by atoms with Crippen molar-refractivity contribution in [3.8, 4) is 0 Å². The van der Waals surface area contributed by atoms with Gasteiger partial charge < -0.3 is 5.32 Å². The molecule has 128 valence electrons. The lowest BCUT2D eigenvalue weighted by molar-refractivity contribution is -0.394. The zero-order chi connectivity index (χ0) is 18.6. The van der Waals surface area contributed by atoms with Gasteiger partial charge >= 0.3 is 0 Å². The van der Waals surface area contributed by atoms with Crippen LogP contribution < -0.4 is 10.6 Å². The second-order valence-electron chi connectivity index (χ2n) is 4.67. The molecule has 25 heavy (non-hydrogen) atoms. The van der Waals surface area contributed by atoms with Crippen LogP contribution in [0.4, 0.5) is 21.5 Å². The van der Waals surface area contributed by atoms with Gasteiger partial charge in [0.2, 0.25) is 0 Å². The minimum atomic E-state index is -0.869. The van der Waals surface area contributed by atoms with Crippen molar-refractivity contribution in [2.24, 2.45) is 0 Å². The van der Waals surface area contributed by atoms with Crippen LogP contribution in [0.5, 0.6) is 0 Å². The average molecular weight is 364 g/mol. The third-order valence-corrected chi connectivity index (χ3v) is 3.12. The van der Waals surface area contributed by atoms with Crippen molar-refractivity contribution in [1.29, 1.82) is 0 Å². The molecule has 0 unspecified atom stereocenters. The summed E-state index contributed by atoms with van der Waals surface area (Å²) in [6.07, 6.45) is 0. The predicted octanol–water partition coefficient (Wildman–Crippen LogP) is 2.77. The van der Waals surface area contributed by atoms with Gasteiger partial charge in [0, 0.05) is 17.8 Å². The van der Waals surface area contributed by atoms with E-state index in [1.165, 1.54) is 24.3 Å². The topological polar surface area (TPSA) is 127 Å². The molecule has 1 amide bonds.